The third kappa shape index (κ3) is 10.9. The first-order valence-corrected chi connectivity index (χ1v) is 11.2. The molecule has 1 heterocycles. The van der Waals surface area contributed by atoms with E-state index in [9.17, 15) is 0 Å². The van der Waals surface area contributed by atoms with E-state index in [-0.39, 0.29) is 30.0 Å². The topological polar surface area (TPSA) is 67.4 Å². The highest BCUT2D eigenvalue weighted by Crippen LogP contribution is 2.24. The fraction of sp³-hybridized carbons (Fsp3) is 0.696. The summed E-state index contributed by atoms with van der Waals surface area (Å²) >= 11 is 0. The molecule has 7 nitrogen and oxygen atoms in total. The van der Waals surface area contributed by atoms with E-state index in [0.29, 0.717) is 12.5 Å². The van der Waals surface area contributed by atoms with Crippen molar-refractivity contribution in [2.24, 2.45) is 10.9 Å². The molecule has 1 atom stereocenters. The van der Waals surface area contributed by atoms with E-state index in [1.165, 1.54) is 5.56 Å². The van der Waals surface area contributed by atoms with Gasteiger partial charge in [0.15, 0.2) is 5.96 Å². The Balaban J connectivity index is 0.00000480. The van der Waals surface area contributed by atoms with Crippen LogP contribution in [0.25, 0.3) is 0 Å². The summed E-state index contributed by atoms with van der Waals surface area (Å²) in [4.78, 5) is 7.35. The van der Waals surface area contributed by atoms with Crippen LogP contribution in [0, 0.1) is 5.92 Å². The standard InChI is InChI=1S/C23H40N4O3.HI/c1-5-24-23(25-11-6-14-30-18-19(2)3)26-17-22(27-12-15-29-16-13-27)20-7-9-21(28-4)10-8-20;/h7-10,19,22H,5-6,11-18H2,1-4H3,(H2,24,25,26);1H. The number of guanidine groups is 1. The Morgan fingerprint density at radius 3 is 2.48 bits per heavy atom. The molecule has 1 fully saturated rings. The monoisotopic (exact) mass is 548 g/mol. The van der Waals surface area contributed by atoms with Crippen LogP contribution in [0.4, 0.5) is 0 Å². The smallest absolute Gasteiger partial charge is 0.191 e. The van der Waals surface area contributed by atoms with Crippen LogP contribution in [0.15, 0.2) is 29.3 Å². The normalized spacial score (nSPS) is 16.0. The lowest BCUT2D eigenvalue weighted by Crippen LogP contribution is -2.42. The summed E-state index contributed by atoms with van der Waals surface area (Å²) in [7, 11) is 1.70. The molecule has 1 aliphatic heterocycles. The number of ether oxygens (including phenoxy) is 3. The fourth-order valence-electron chi connectivity index (χ4n) is 3.37. The first kappa shape index (κ1) is 27.9. The zero-order chi connectivity index (χ0) is 21.6. The number of morpholine rings is 1. The maximum Gasteiger partial charge on any atom is 0.191 e. The van der Waals surface area contributed by atoms with E-state index in [4.69, 9.17) is 19.2 Å². The highest BCUT2D eigenvalue weighted by Gasteiger charge is 2.22. The summed E-state index contributed by atoms with van der Waals surface area (Å²) in [6, 6.07) is 8.53. The third-order valence-electron chi connectivity index (χ3n) is 4.96. The quantitative estimate of drug-likeness (QED) is 0.181. The van der Waals surface area contributed by atoms with Crippen molar-refractivity contribution in [3.8, 4) is 5.75 Å². The molecule has 8 heteroatoms. The Morgan fingerprint density at radius 2 is 1.87 bits per heavy atom. The van der Waals surface area contributed by atoms with Gasteiger partial charge in [0.1, 0.15) is 5.75 Å². The van der Waals surface area contributed by atoms with Crippen molar-refractivity contribution in [2.75, 3.05) is 66.3 Å². The molecule has 0 bridgehead atoms. The fourth-order valence-corrected chi connectivity index (χ4v) is 3.37. The predicted molar refractivity (Wildman–Crippen MR) is 138 cm³/mol. The van der Waals surface area contributed by atoms with Crippen molar-refractivity contribution < 1.29 is 14.2 Å². The third-order valence-corrected chi connectivity index (χ3v) is 4.96. The van der Waals surface area contributed by atoms with Gasteiger partial charge >= 0.3 is 0 Å². The van der Waals surface area contributed by atoms with Crippen molar-refractivity contribution in [3.05, 3.63) is 29.8 Å². The minimum atomic E-state index is 0. The number of nitrogens with zero attached hydrogens (tertiary/aromatic N) is 2. The van der Waals surface area contributed by atoms with Gasteiger partial charge in [-0.2, -0.15) is 0 Å². The molecule has 2 N–H and O–H groups in total. The summed E-state index contributed by atoms with van der Waals surface area (Å²) in [5, 5.41) is 6.79. The number of hydrogen-bond acceptors (Lipinski definition) is 5. The first-order valence-electron chi connectivity index (χ1n) is 11.2. The minimum absolute atomic E-state index is 0. The molecular weight excluding hydrogens is 507 g/mol. The van der Waals surface area contributed by atoms with Gasteiger partial charge in [-0.1, -0.05) is 26.0 Å². The van der Waals surface area contributed by atoms with Crippen LogP contribution < -0.4 is 15.4 Å². The average molecular weight is 549 g/mol. The van der Waals surface area contributed by atoms with Crippen molar-refractivity contribution in [2.45, 2.75) is 33.2 Å². The van der Waals surface area contributed by atoms with Crippen molar-refractivity contribution in [1.29, 1.82) is 0 Å². The van der Waals surface area contributed by atoms with Crippen molar-refractivity contribution in [3.63, 3.8) is 0 Å². The molecule has 2 rings (SSSR count). The van der Waals surface area contributed by atoms with Crippen LogP contribution in [-0.2, 0) is 9.47 Å². The van der Waals surface area contributed by atoms with Crippen LogP contribution >= 0.6 is 24.0 Å². The number of rotatable bonds is 12. The van der Waals surface area contributed by atoms with Gasteiger partial charge in [0.2, 0.25) is 0 Å². The van der Waals surface area contributed by atoms with Crippen molar-refractivity contribution >= 4 is 29.9 Å². The molecule has 0 radical (unpaired) electrons. The van der Waals surface area contributed by atoms with Crippen LogP contribution in [0.5, 0.6) is 5.75 Å². The molecule has 1 aromatic rings. The van der Waals surface area contributed by atoms with Crippen LogP contribution in [0.3, 0.4) is 0 Å². The number of halogens is 1. The number of nitrogens with one attached hydrogen (secondary N) is 2. The van der Waals surface area contributed by atoms with Crippen LogP contribution in [-0.4, -0.2) is 77.1 Å². The molecule has 0 aliphatic carbocycles. The lowest BCUT2D eigenvalue weighted by Gasteiger charge is -2.34. The molecule has 1 saturated heterocycles. The molecule has 0 amide bonds. The van der Waals surface area contributed by atoms with E-state index in [0.717, 1.165) is 70.7 Å². The van der Waals surface area contributed by atoms with E-state index in [1.807, 2.05) is 12.1 Å². The maximum atomic E-state index is 5.66. The van der Waals surface area contributed by atoms with Crippen LogP contribution in [0.2, 0.25) is 0 Å². The summed E-state index contributed by atoms with van der Waals surface area (Å²) in [6.45, 7) is 13.8. The number of methoxy groups -OCH3 is 1. The lowest BCUT2D eigenvalue weighted by atomic mass is 10.0. The van der Waals surface area contributed by atoms with Gasteiger partial charge in [0, 0.05) is 39.4 Å². The summed E-state index contributed by atoms with van der Waals surface area (Å²) in [6.07, 6.45) is 0.961. The minimum Gasteiger partial charge on any atom is -0.497 e. The Morgan fingerprint density at radius 1 is 1.16 bits per heavy atom. The van der Waals surface area contributed by atoms with Gasteiger partial charge < -0.3 is 24.8 Å². The largest absolute Gasteiger partial charge is 0.497 e. The summed E-state index contributed by atoms with van der Waals surface area (Å²) in [5.41, 5.74) is 1.25. The van der Waals surface area contributed by atoms with Crippen LogP contribution in [0.1, 0.15) is 38.8 Å². The Kier molecular flexibility index (Phi) is 14.9. The van der Waals surface area contributed by atoms with E-state index in [2.05, 4.69) is 48.4 Å². The van der Waals surface area contributed by atoms with Gasteiger partial charge in [-0.3, -0.25) is 9.89 Å². The lowest BCUT2D eigenvalue weighted by molar-refractivity contribution is 0.0179. The SMILES string of the molecule is CCNC(=NCC(c1ccc(OC)cc1)N1CCOCC1)NCCCOCC(C)C.I. The molecule has 1 aliphatic rings. The van der Waals surface area contributed by atoms with Gasteiger partial charge in [-0.25, -0.2) is 0 Å². The molecule has 178 valence electrons. The molecule has 0 saturated carbocycles. The number of benzene rings is 1. The molecular formula is C23H41IN4O3. The van der Waals surface area contributed by atoms with Gasteiger partial charge in [0.25, 0.3) is 0 Å². The van der Waals surface area contributed by atoms with Crippen molar-refractivity contribution in [1.82, 2.24) is 15.5 Å². The number of hydrogen-bond donors (Lipinski definition) is 2. The summed E-state index contributed by atoms with van der Waals surface area (Å²) in [5.74, 6) is 2.30. The second-order valence-electron chi connectivity index (χ2n) is 7.91. The van der Waals surface area contributed by atoms with E-state index < -0.39 is 0 Å². The first-order chi connectivity index (χ1) is 14.6. The second kappa shape index (κ2) is 16.5. The Bertz CT molecular complexity index is 607. The number of aliphatic imine (C=N–C) groups is 1. The Labute approximate surface area is 205 Å². The van der Waals surface area contributed by atoms with Gasteiger partial charge in [0.05, 0.1) is 32.9 Å². The Hall–Kier alpha value is -1.10. The molecule has 1 unspecified atom stereocenters. The molecule has 0 aromatic heterocycles. The highest BCUT2D eigenvalue weighted by molar-refractivity contribution is 14.0. The molecule has 0 spiro atoms. The molecule has 31 heavy (non-hydrogen) atoms. The zero-order valence-electron chi connectivity index (χ0n) is 19.6. The van der Waals surface area contributed by atoms with Gasteiger partial charge in [-0.15, -0.1) is 24.0 Å². The zero-order valence-corrected chi connectivity index (χ0v) is 21.9. The maximum absolute atomic E-state index is 5.66. The van der Waals surface area contributed by atoms with E-state index in [1.54, 1.807) is 7.11 Å². The van der Waals surface area contributed by atoms with Gasteiger partial charge in [-0.05, 0) is 37.0 Å². The second-order valence-corrected chi connectivity index (χ2v) is 7.91. The van der Waals surface area contributed by atoms with E-state index >= 15 is 0 Å². The average Bonchev–Trinajstić information content (AvgIpc) is 2.77. The predicted octanol–water partition coefficient (Wildman–Crippen LogP) is 3.30. The highest BCUT2D eigenvalue weighted by atomic mass is 127. The summed E-state index contributed by atoms with van der Waals surface area (Å²) < 4.78 is 16.5. The molecule has 1 aromatic carbocycles.